The number of hydrogen-bond acceptors (Lipinski definition) is 8. The molecule has 0 aromatic heterocycles. The number of nitrogens with one attached hydrogen (secondary N) is 2. The topological polar surface area (TPSA) is 143 Å². The molecule has 1 aromatic carbocycles. The Morgan fingerprint density at radius 3 is 2.36 bits per heavy atom. The Labute approximate surface area is 268 Å². The Kier molecular flexibility index (Phi) is 14.0. The minimum absolute atomic E-state index is 0.0663. The van der Waals surface area contributed by atoms with Gasteiger partial charge in [-0.2, -0.15) is 0 Å². The van der Waals surface area contributed by atoms with Crippen LogP contribution in [0.1, 0.15) is 121 Å². The van der Waals surface area contributed by atoms with E-state index in [2.05, 4.69) is 24.5 Å². The van der Waals surface area contributed by atoms with E-state index in [1.807, 2.05) is 0 Å². The Balaban J connectivity index is 1.57. The van der Waals surface area contributed by atoms with Crippen molar-refractivity contribution in [2.24, 2.45) is 0 Å². The lowest BCUT2D eigenvalue weighted by Gasteiger charge is -2.29. The van der Waals surface area contributed by atoms with Gasteiger partial charge < -0.3 is 35.1 Å². The molecule has 1 saturated heterocycles. The lowest BCUT2D eigenvalue weighted by Crippen LogP contribution is -2.41. The molecule has 4 unspecified atom stereocenters. The maximum absolute atomic E-state index is 13.2. The number of rotatable bonds is 17. The number of aliphatic hydroxyl groups is 2. The number of unbranched alkanes of at least 4 members (excludes halogenated alkanes) is 4. The summed E-state index contributed by atoms with van der Waals surface area (Å²) in [5, 5.41) is 26.4. The van der Waals surface area contributed by atoms with Crippen molar-refractivity contribution < 1.29 is 38.8 Å². The predicted octanol–water partition coefficient (Wildman–Crippen LogP) is 4.85. The molecule has 252 valence electrons. The third-order valence-electron chi connectivity index (χ3n) is 8.13. The molecule has 3 rings (SSSR count). The summed E-state index contributed by atoms with van der Waals surface area (Å²) in [6.45, 7) is 9.52. The van der Waals surface area contributed by atoms with Gasteiger partial charge in [0, 0.05) is 43.4 Å². The first kappa shape index (κ1) is 36.7. The van der Waals surface area contributed by atoms with E-state index in [9.17, 15) is 24.6 Å². The molecule has 45 heavy (non-hydrogen) atoms. The Morgan fingerprint density at radius 1 is 1.04 bits per heavy atom. The van der Waals surface area contributed by atoms with Crippen LogP contribution in [0.4, 0.5) is 0 Å². The lowest BCUT2D eigenvalue weighted by molar-refractivity contribution is -0.190. The average Bonchev–Trinajstić information content (AvgIpc) is 3.36. The van der Waals surface area contributed by atoms with Gasteiger partial charge in [-0.3, -0.25) is 14.4 Å². The van der Waals surface area contributed by atoms with Gasteiger partial charge in [0.2, 0.25) is 5.91 Å². The minimum Gasteiger partial charge on any atom is -0.460 e. The highest BCUT2D eigenvalue weighted by atomic mass is 16.8. The molecule has 4 N–H and O–H groups in total. The van der Waals surface area contributed by atoms with Gasteiger partial charge in [0.25, 0.3) is 5.91 Å². The average molecular weight is 631 g/mol. The van der Waals surface area contributed by atoms with Crippen LogP contribution in [-0.4, -0.2) is 70.3 Å². The number of carbonyl (C=O) groups excluding carboxylic acids is 3. The van der Waals surface area contributed by atoms with Crippen molar-refractivity contribution in [1.29, 1.82) is 0 Å². The van der Waals surface area contributed by atoms with Gasteiger partial charge in [0.15, 0.2) is 5.79 Å². The van der Waals surface area contributed by atoms with Gasteiger partial charge in [-0.15, -0.1) is 0 Å². The largest absolute Gasteiger partial charge is 0.460 e. The zero-order valence-corrected chi connectivity index (χ0v) is 27.7. The van der Waals surface area contributed by atoms with Gasteiger partial charge >= 0.3 is 5.97 Å². The number of aliphatic hydroxyl groups excluding tert-OH is 2. The Bertz CT molecular complexity index is 1150. The van der Waals surface area contributed by atoms with E-state index in [1.165, 1.54) is 0 Å². The maximum atomic E-state index is 13.2. The molecule has 0 saturated carbocycles. The van der Waals surface area contributed by atoms with Crippen LogP contribution >= 0.6 is 0 Å². The van der Waals surface area contributed by atoms with Crippen molar-refractivity contribution in [3.8, 4) is 0 Å². The predicted molar refractivity (Wildman–Crippen MR) is 171 cm³/mol. The fraction of sp³-hybridized carbons (Fsp3) is 0.686. The second-order valence-corrected chi connectivity index (χ2v) is 13.3. The lowest BCUT2D eigenvalue weighted by atomic mass is 9.92. The van der Waals surface area contributed by atoms with E-state index in [-0.39, 0.29) is 38.3 Å². The summed E-state index contributed by atoms with van der Waals surface area (Å²) in [4.78, 5) is 38.1. The van der Waals surface area contributed by atoms with Gasteiger partial charge in [-0.25, -0.2) is 0 Å². The second-order valence-electron chi connectivity index (χ2n) is 13.3. The summed E-state index contributed by atoms with van der Waals surface area (Å²) in [6.07, 6.45) is 8.32. The van der Waals surface area contributed by atoms with Gasteiger partial charge in [0.1, 0.15) is 17.8 Å². The first-order chi connectivity index (χ1) is 21.4. The number of carbonyl (C=O) groups is 3. The highest BCUT2D eigenvalue weighted by Gasteiger charge is 2.50. The van der Waals surface area contributed by atoms with Crippen LogP contribution in [0.2, 0.25) is 0 Å². The van der Waals surface area contributed by atoms with Crippen LogP contribution in [0.3, 0.4) is 0 Å². The molecule has 0 radical (unpaired) electrons. The molecule has 1 aromatic rings. The highest BCUT2D eigenvalue weighted by Crippen LogP contribution is 2.42. The van der Waals surface area contributed by atoms with E-state index in [1.54, 1.807) is 51.1 Å². The molecular formula is C35H54N2O8. The quantitative estimate of drug-likeness (QED) is 0.141. The molecule has 10 nitrogen and oxygen atoms in total. The van der Waals surface area contributed by atoms with E-state index in [0.717, 1.165) is 51.4 Å². The standard InChI is InChI=1S/C35H54N2O8/c1-6-8-10-17-35(18-11-9-7-2)43-29-21-26(20-28(39)31(29)45-35)32(41)36-22-24-13-12-14-25(19-24)33(42)37-27(23-38)15-16-30(40)44-34(3,4)5/h12-14,19,21,27-29,31,38-39H,6-11,15-18,20,22-23H2,1-5H3,(H,36,41)(H,37,42). The molecule has 10 heteroatoms. The van der Waals surface area contributed by atoms with Gasteiger partial charge in [0.05, 0.1) is 18.8 Å². The smallest absolute Gasteiger partial charge is 0.306 e. The fourth-order valence-electron chi connectivity index (χ4n) is 5.79. The van der Waals surface area contributed by atoms with Crippen molar-refractivity contribution in [2.45, 2.75) is 148 Å². The first-order valence-corrected chi connectivity index (χ1v) is 16.6. The summed E-state index contributed by atoms with van der Waals surface area (Å²) in [5.41, 5.74) is 0.931. The molecule has 2 amide bonds. The normalized spacial score (nSPS) is 21.4. The minimum atomic E-state index is -0.846. The van der Waals surface area contributed by atoms with Crippen molar-refractivity contribution in [3.05, 3.63) is 47.0 Å². The molecule has 2 aliphatic rings. The fourth-order valence-corrected chi connectivity index (χ4v) is 5.79. The third-order valence-corrected chi connectivity index (χ3v) is 8.13. The number of hydrogen-bond donors (Lipinski definition) is 4. The maximum Gasteiger partial charge on any atom is 0.306 e. The molecule has 0 spiro atoms. The van der Waals surface area contributed by atoms with Crippen LogP contribution in [0, 0.1) is 0 Å². The number of fused-ring (bicyclic) bond motifs is 1. The molecule has 1 heterocycles. The number of benzene rings is 1. The van der Waals surface area contributed by atoms with E-state index >= 15 is 0 Å². The first-order valence-electron chi connectivity index (χ1n) is 16.6. The molecule has 1 aliphatic heterocycles. The monoisotopic (exact) mass is 630 g/mol. The Morgan fingerprint density at radius 2 is 1.73 bits per heavy atom. The second kappa shape index (κ2) is 17.2. The van der Waals surface area contributed by atoms with Crippen molar-refractivity contribution >= 4 is 17.8 Å². The zero-order chi connectivity index (χ0) is 33.0. The van der Waals surface area contributed by atoms with Gasteiger partial charge in [-0.05, 0) is 63.8 Å². The summed E-state index contributed by atoms with van der Waals surface area (Å²) in [6, 6.07) is 6.24. The van der Waals surface area contributed by atoms with E-state index in [4.69, 9.17) is 14.2 Å². The number of esters is 1. The van der Waals surface area contributed by atoms with Crippen LogP contribution in [0.15, 0.2) is 35.9 Å². The summed E-state index contributed by atoms with van der Waals surface area (Å²) >= 11 is 0. The summed E-state index contributed by atoms with van der Waals surface area (Å²) in [5.74, 6) is -1.82. The highest BCUT2D eigenvalue weighted by molar-refractivity contribution is 5.95. The number of ether oxygens (including phenoxy) is 3. The summed E-state index contributed by atoms with van der Waals surface area (Å²) < 4.78 is 18.2. The Hall–Kier alpha value is -2.79. The molecule has 1 aliphatic carbocycles. The van der Waals surface area contributed by atoms with Crippen LogP contribution in [0.25, 0.3) is 0 Å². The van der Waals surface area contributed by atoms with Crippen molar-refractivity contribution in [2.75, 3.05) is 6.61 Å². The van der Waals surface area contributed by atoms with E-state index < -0.39 is 47.6 Å². The molecule has 0 bridgehead atoms. The molecule has 4 atom stereocenters. The van der Waals surface area contributed by atoms with Gasteiger partial charge in [-0.1, -0.05) is 51.7 Å². The van der Waals surface area contributed by atoms with Crippen LogP contribution in [-0.2, 0) is 30.3 Å². The van der Waals surface area contributed by atoms with Crippen LogP contribution < -0.4 is 10.6 Å². The van der Waals surface area contributed by atoms with Crippen molar-refractivity contribution in [1.82, 2.24) is 10.6 Å². The third kappa shape index (κ3) is 11.5. The zero-order valence-electron chi connectivity index (χ0n) is 27.7. The van der Waals surface area contributed by atoms with Crippen LogP contribution in [0.5, 0.6) is 0 Å². The van der Waals surface area contributed by atoms with E-state index in [0.29, 0.717) is 16.7 Å². The molecular weight excluding hydrogens is 576 g/mol. The van der Waals surface area contributed by atoms with Crippen molar-refractivity contribution in [3.63, 3.8) is 0 Å². The molecule has 1 fully saturated rings. The summed E-state index contributed by atoms with van der Waals surface area (Å²) in [7, 11) is 0. The number of amides is 2. The SMILES string of the molecule is CCCCCC1(CCCCC)OC2C=C(C(=O)NCc3cccc(C(=O)NC(CO)CCC(=O)OC(C)(C)C)c3)CC(O)C2O1.